The molecule has 2 amide bonds. The molecule has 1 aromatic rings. The summed E-state index contributed by atoms with van der Waals surface area (Å²) in [6, 6.07) is 6.15. The van der Waals surface area contributed by atoms with Crippen LogP contribution in [-0.4, -0.2) is 42.9 Å². The third-order valence-electron chi connectivity index (χ3n) is 4.29. The molecule has 1 fully saturated rings. The van der Waals surface area contributed by atoms with Crippen molar-refractivity contribution in [1.82, 2.24) is 10.2 Å². The molecular formula is C18H27N3O2. The van der Waals surface area contributed by atoms with E-state index in [2.05, 4.69) is 10.6 Å². The predicted molar refractivity (Wildman–Crippen MR) is 92.4 cm³/mol. The molecule has 1 aliphatic rings. The predicted octanol–water partition coefficient (Wildman–Crippen LogP) is 2.09. The molecule has 2 rings (SSSR count). The van der Waals surface area contributed by atoms with Gasteiger partial charge < -0.3 is 10.6 Å². The van der Waals surface area contributed by atoms with Crippen LogP contribution in [0.2, 0.25) is 0 Å². The molecule has 5 nitrogen and oxygen atoms in total. The van der Waals surface area contributed by atoms with Gasteiger partial charge in [0.05, 0.1) is 13.1 Å². The first-order valence-corrected chi connectivity index (χ1v) is 8.20. The summed E-state index contributed by atoms with van der Waals surface area (Å²) in [6.45, 7) is 6.41. The Morgan fingerprint density at radius 1 is 1.17 bits per heavy atom. The van der Waals surface area contributed by atoms with Gasteiger partial charge in [0.25, 0.3) is 0 Å². The molecule has 0 unspecified atom stereocenters. The molecule has 0 bridgehead atoms. The molecule has 1 aromatic carbocycles. The lowest BCUT2D eigenvalue weighted by Gasteiger charge is -2.19. The highest BCUT2D eigenvalue weighted by atomic mass is 16.2. The van der Waals surface area contributed by atoms with E-state index in [1.807, 2.05) is 39.0 Å². The number of aryl methyl sites for hydroxylation is 2. The number of likely N-dealkylation sites (N-methyl/N-ethyl adjacent to an activating group) is 1. The van der Waals surface area contributed by atoms with Crippen LogP contribution >= 0.6 is 0 Å². The van der Waals surface area contributed by atoms with Gasteiger partial charge in [-0.1, -0.05) is 18.2 Å². The highest BCUT2D eigenvalue weighted by molar-refractivity contribution is 5.94. The lowest BCUT2D eigenvalue weighted by molar-refractivity contribution is -0.123. The zero-order valence-electron chi connectivity index (χ0n) is 14.5. The fourth-order valence-electron chi connectivity index (χ4n) is 2.75. The fraction of sp³-hybridized carbons (Fsp3) is 0.556. The smallest absolute Gasteiger partial charge is 0.238 e. The Hall–Kier alpha value is -1.88. The van der Waals surface area contributed by atoms with Crippen molar-refractivity contribution in [2.24, 2.45) is 5.92 Å². The number of benzene rings is 1. The number of nitrogens with one attached hydrogen (secondary N) is 2. The normalized spacial score (nSPS) is 15.3. The van der Waals surface area contributed by atoms with Crippen molar-refractivity contribution in [3.05, 3.63) is 29.3 Å². The largest absolute Gasteiger partial charge is 0.352 e. The molecule has 1 aliphatic carbocycles. The van der Waals surface area contributed by atoms with Gasteiger partial charge in [-0.15, -0.1) is 0 Å². The number of carbonyl (C=O) groups excluding carboxylic acids is 2. The molecule has 0 saturated heterocycles. The summed E-state index contributed by atoms with van der Waals surface area (Å²) in [6.07, 6.45) is 2.41. The van der Waals surface area contributed by atoms with E-state index in [1.54, 1.807) is 11.9 Å². The molecule has 0 radical (unpaired) electrons. The first-order chi connectivity index (χ1) is 10.9. The molecular weight excluding hydrogens is 290 g/mol. The summed E-state index contributed by atoms with van der Waals surface area (Å²) >= 11 is 0. The molecule has 0 spiro atoms. The van der Waals surface area contributed by atoms with Gasteiger partial charge in [-0.25, -0.2) is 0 Å². The van der Waals surface area contributed by atoms with Gasteiger partial charge in [0.1, 0.15) is 0 Å². The number of para-hydroxylation sites is 1. The number of carbonyl (C=O) groups is 2. The van der Waals surface area contributed by atoms with Crippen molar-refractivity contribution in [3.8, 4) is 0 Å². The second-order valence-corrected chi connectivity index (χ2v) is 6.68. The van der Waals surface area contributed by atoms with Crippen LogP contribution in [-0.2, 0) is 9.59 Å². The maximum Gasteiger partial charge on any atom is 0.238 e. The highest BCUT2D eigenvalue weighted by Gasteiger charge is 2.29. The van der Waals surface area contributed by atoms with Crippen molar-refractivity contribution >= 4 is 17.5 Å². The van der Waals surface area contributed by atoms with Crippen molar-refractivity contribution in [2.75, 3.05) is 25.5 Å². The molecule has 126 valence electrons. The Balaban J connectivity index is 1.79. The summed E-state index contributed by atoms with van der Waals surface area (Å²) in [5, 5.41) is 5.94. The van der Waals surface area contributed by atoms with Gasteiger partial charge in [-0.3, -0.25) is 14.5 Å². The lowest BCUT2D eigenvalue weighted by Crippen LogP contribution is -2.42. The van der Waals surface area contributed by atoms with E-state index in [1.165, 1.54) is 12.8 Å². The van der Waals surface area contributed by atoms with E-state index < -0.39 is 0 Å². The first kappa shape index (κ1) is 17.5. The second kappa shape index (κ2) is 7.59. The molecule has 5 heteroatoms. The van der Waals surface area contributed by atoms with E-state index in [-0.39, 0.29) is 30.9 Å². The Bertz CT molecular complexity index is 561. The van der Waals surface area contributed by atoms with E-state index in [4.69, 9.17) is 0 Å². The molecule has 1 atom stereocenters. The van der Waals surface area contributed by atoms with Crippen molar-refractivity contribution in [2.45, 2.75) is 39.7 Å². The maximum atomic E-state index is 12.2. The standard InChI is InChI=1S/C18H27N3O2/c1-12-6-5-7-13(2)18(12)20-17(23)11-21(4)10-16(22)19-14(3)15-8-9-15/h5-7,14-15H,8-11H2,1-4H3,(H,19,22)(H,20,23)/t14-/m1/s1. The summed E-state index contributed by atoms with van der Waals surface area (Å²) in [5.41, 5.74) is 2.94. The van der Waals surface area contributed by atoms with Crippen LogP contribution in [0.4, 0.5) is 5.69 Å². The number of rotatable bonds is 7. The van der Waals surface area contributed by atoms with Crippen LogP contribution in [0.1, 0.15) is 30.9 Å². The van der Waals surface area contributed by atoms with Crippen LogP contribution in [0.15, 0.2) is 18.2 Å². The van der Waals surface area contributed by atoms with Crippen LogP contribution in [0.25, 0.3) is 0 Å². The van der Waals surface area contributed by atoms with Crippen molar-refractivity contribution in [3.63, 3.8) is 0 Å². The average molecular weight is 317 g/mol. The van der Waals surface area contributed by atoms with E-state index in [0.717, 1.165) is 16.8 Å². The third-order valence-corrected chi connectivity index (χ3v) is 4.29. The summed E-state index contributed by atoms with van der Waals surface area (Å²) in [7, 11) is 1.78. The molecule has 0 heterocycles. The SMILES string of the molecule is Cc1cccc(C)c1NC(=O)CN(C)CC(=O)N[C@H](C)C1CC1. The number of nitrogens with zero attached hydrogens (tertiary/aromatic N) is 1. The number of hydrogen-bond acceptors (Lipinski definition) is 3. The first-order valence-electron chi connectivity index (χ1n) is 8.20. The molecule has 0 aromatic heterocycles. The molecule has 23 heavy (non-hydrogen) atoms. The third kappa shape index (κ3) is 5.36. The monoisotopic (exact) mass is 317 g/mol. The average Bonchev–Trinajstić information content (AvgIpc) is 3.27. The molecule has 1 saturated carbocycles. The zero-order valence-corrected chi connectivity index (χ0v) is 14.5. The fourth-order valence-corrected chi connectivity index (χ4v) is 2.75. The molecule has 0 aliphatic heterocycles. The van der Waals surface area contributed by atoms with Gasteiger partial charge in [-0.05, 0) is 57.7 Å². The zero-order chi connectivity index (χ0) is 17.0. The minimum absolute atomic E-state index is 0.0215. The van der Waals surface area contributed by atoms with Crippen LogP contribution in [0.5, 0.6) is 0 Å². The van der Waals surface area contributed by atoms with Crippen LogP contribution in [0.3, 0.4) is 0 Å². The highest BCUT2D eigenvalue weighted by Crippen LogP contribution is 2.32. The Morgan fingerprint density at radius 3 is 2.30 bits per heavy atom. The number of amides is 2. The van der Waals surface area contributed by atoms with E-state index in [9.17, 15) is 9.59 Å². The topological polar surface area (TPSA) is 61.4 Å². The number of hydrogen-bond donors (Lipinski definition) is 2. The Morgan fingerprint density at radius 2 is 1.74 bits per heavy atom. The van der Waals surface area contributed by atoms with E-state index in [0.29, 0.717) is 5.92 Å². The van der Waals surface area contributed by atoms with E-state index >= 15 is 0 Å². The second-order valence-electron chi connectivity index (χ2n) is 6.68. The minimum atomic E-state index is -0.104. The Labute approximate surface area is 138 Å². The summed E-state index contributed by atoms with van der Waals surface area (Å²) < 4.78 is 0. The van der Waals surface area contributed by atoms with Crippen LogP contribution in [0, 0.1) is 19.8 Å². The van der Waals surface area contributed by atoms with Crippen molar-refractivity contribution in [1.29, 1.82) is 0 Å². The lowest BCUT2D eigenvalue weighted by atomic mass is 10.1. The van der Waals surface area contributed by atoms with Gasteiger partial charge >= 0.3 is 0 Å². The van der Waals surface area contributed by atoms with Gasteiger partial charge in [0.15, 0.2) is 0 Å². The van der Waals surface area contributed by atoms with Crippen LogP contribution < -0.4 is 10.6 Å². The number of anilines is 1. The van der Waals surface area contributed by atoms with Gasteiger partial charge in [0.2, 0.25) is 11.8 Å². The Kier molecular flexibility index (Phi) is 5.77. The quantitative estimate of drug-likeness (QED) is 0.809. The summed E-state index contributed by atoms with van der Waals surface area (Å²) in [4.78, 5) is 25.9. The van der Waals surface area contributed by atoms with Crippen molar-refractivity contribution < 1.29 is 9.59 Å². The van der Waals surface area contributed by atoms with Gasteiger partial charge in [0, 0.05) is 11.7 Å². The summed E-state index contributed by atoms with van der Waals surface area (Å²) in [5.74, 6) is 0.510. The van der Waals surface area contributed by atoms with Gasteiger partial charge in [-0.2, -0.15) is 0 Å². The molecule has 2 N–H and O–H groups in total. The maximum absolute atomic E-state index is 12.2. The minimum Gasteiger partial charge on any atom is -0.352 e.